The molecule has 0 aliphatic carbocycles. The van der Waals surface area contributed by atoms with Crippen molar-refractivity contribution in [2.45, 2.75) is 142 Å². The molecule has 1 fully saturated rings. The molecule has 242 valence electrons. The van der Waals surface area contributed by atoms with E-state index in [9.17, 15) is 9.59 Å². The number of ether oxygens (including phenoxy) is 3. The quantitative estimate of drug-likeness (QED) is 0.0823. The van der Waals surface area contributed by atoms with Crippen molar-refractivity contribution in [3.8, 4) is 0 Å². The zero-order valence-electron chi connectivity index (χ0n) is 26.5. The molecule has 0 saturated carbocycles. The van der Waals surface area contributed by atoms with Crippen molar-refractivity contribution >= 4 is 12.1 Å². The second kappa shape index (κ2) is 26.3. The van der Waals surface area contributed by atoms with Crippen molar-refractivity contribution in [3.05, 3.63) is 0 Å². The molecule has 1 aliphatic heterocycles. The predicted octanol–water partition coefficient (Wildman–Crippen LogP) is 7.04. The number of rotatable bonds is 26. The number of piperidine rings is 1. The Morgan fingerprint density at radius 1 is 0.805 bits per heavy atom. The molecular formula is C33H63NO7. The van der Waals surface area contributed by atoms with Crippen molar-refractivity contribution in [3.63, 3.8) is 0 Å². The fourth-order valence-corrected chi connectivity index (χ4v) is 5.56. The summed E-state index contributed by atoms with van der Waals surface area (Å²) in [7, 11) is 0. The summed E-state index contributed by atoms with van der Waals surface area (Å²) < 4.78 is 16.7. The Morgan fingerprint density at radius 2 is 1.44 bits per heavy atom. The van der Waals surface area contributed by atoms with Gasteiger partial charge in [-0.3, -0.25) is 4.79 Å². The van der Waals surface area contributed by atoms with Gasteiger partial charge in [0.1, 0.15) is 6.10 Å². The van der Waals surface area contributed by atoms with Gasteiger partial charge in [-0.05, 0) is 64.5 Å². The third kappa shape index (κ3) is 21.0. The summed E-state index contributed by atoms with van der Waals surface area (Å²) in [6.07, 6.45) is 18.7. The maximum absolute atomic E-state index is 12.5. The maximum atomic E-state index is 12.5. The Balaban J connectivity index is 2.32. The number of carbonyl (C=O) groups is 2. The molecule has 1 heterocycles. The SMILES string of the molecule is CCCCCCCCCCCCC(CCCOC(=O)CCCCC(CO)CO)OC(=O)OCC1CCCN(CC)C1. The first kappa shape index (κ1) is 37.6. The monoisotopic (exact) mass is 585 g/mol. The fourth-order valence-electron chi connectivity index (χ4n) is 5.56. The first-order valence-corrected chi connectivity index (χ1v) is 16.9. The van der Waals surface area contributed by atoms with Gasteiger partial charge in [0.25, 0.3) is 0 Å². The predicted molar refractivity (Wildman–Crippen MR) is 164 cm³/mol. The minimum Gasteiger partial charge on any atom is -0.466 e. The molecule has 2 N–H and O–H groups in total. The van der Waals surface area contributed by atoms with Crippen LogP contribution in [0.4, 0.5) is 4.79 Å². The number of nitrogens with zero attached hydrogens (tertiary/aromatic N) is 1. The van der Waals surface area contributed by atoms with Crippen LogP contribution in [0, 0.1) is 11.8 Å². The summed E-state index contributed by atoms with van der Waals surface area (Å²) in [6, 6.07) is 0. The first-order chi connectivity index (χ1) is 20.0. The fraction of sp³-hybridized carbons (Fsp3) is 0.939. The molecule has 0 aromatic carbocycles. The van der Waals surface area contributed by atoms with Gasteiger partial charge in [-0.2, -0.15) is 0 Å². The highest BCUT2D eigenvalue weighted by molar-refractivity contribution is 5.69. The van der Waals surface area contributed by atoms with Crippen LogP contribution in [-0.4, -0.2) is 79.4 Å². The number of unbranched alkanes of at least 4 members (excludes halogenated alkanes) is 10. The van der Waals surface area contributed by atoms with Crippen LogP contribution in [0.2, 0.25) is 0 Å². The lowest BCUT2D eigenvalue weighted by atomic mass is 9.99. The molecule has 1 aliphatic rings. The third-order valence-electron chi connectivity index (χ3n) is 8.32. The molecule has 0 spiro atoms. The van der Waals surface area contributed by atoms with Crippen LogP contribution < -0.4 is 0 Å². The van der Waals surface area contributed by atoms with Gasteiger partial charge < -0.3 is 29.3 Å². The zero-order valence-corrected chi connectivity index (χ0v) is 26.5. The lowest BCUT2D eigenvalue weighted by Crippen LogP contribution is -2.37. The van der Waals surface area contributed by atoms with Crippen LogP contribution in [0.3, 0.4) is 0 Å². The average Bonchev–Trinajstić information content (AvgIpc) is 2.99. The van der Waals surface area contributed by atoms with Crippen LogP contribution in [0.15, 0.2) is 0 Å². The van der Waals surface area contributed by atoms with Gasteiger partial charge in [-0.25, -0.2) is 4.79 Å². The molecule has 0 radical (unpaired) electrons. The van der Waals surface area contributed by atoms with Crippen molar-refractivity contribution in [2.75, 3.05) is 46.1 Å². The zero-order chi connectivity index (χ0) is 30.0. The van der Waals surface area contributed by atoms with Crippen molar-refractivity contribution in [1.82, 2.24) is 4.90 Å². The van der Waals surface area contributed by atoms with E-state index in [0.717, 1.165) is 58.2 Å². The van der Waals surface area contributed by atoms with Crippen LogP contribution in [0.5, 0.6) is 0 Å². The Kier molecular flexibility index (Phi) is 24.1. The van der Waals surface area contributed by atoms with E-state index >= 15 is 0 Å². The second-order valence-corrected chi connectivity index (χ2v) is 12.0. The van der Waals surface area contributed by atoms with E-state index in [1.807, 2.05) is 0 Å². The van der Waals surface area contributed by atoms with Crippen molar-refractivity contribution in [1.29, 1.82) is 0 Å². The molecule has 8 nitrogen and oxygen atoms in total. The topological polar surface area (TPSA) is 106 Å². The van der Waals surface area contributed by atoms with Gasteiger partial charge in [-0.1, -0.05) is 78.1 Å². The Labute approximate surface area is 250 Å². The molecule has 0 amide bonds. The molecule has 0 aromatic heterocycles. The van der Waals surface area contributed by atoms with Gasteiger partial charge in [0.15, 0.2) is 0 Å². The van der Waals surface area contributed by atoms with E-state index in [-0.39, 0.29) is 31.2 Å². The summed E-state index contributed by atoms with van der Waals surface area (Å²) in [4.78, 5) is 27.0. The van der Waals surface area contributed by atoms with Crippen LogP contribution >= 0.6 is 0 Å². The molecular weight excluding hydrogens is 522 g/mol. The normalized spacial score (nSPS) is 16.6. The van der Waals surface area contributed by atoms with Crippen LogP contribution in [0.25, 0.3) is 0 Å². The number of esters is 1. The minimum atomic E-state index is -0.572. The number of aliphatic hydroxyl groups is 2. The number of aliphatic hydroxyl groups excluding tert-OH is 2. The molecule has 0 bridgehead atoms. The minimum absolute atomic E-state index is 0.0328. The van der Waals surface area contributed by atoms with Crippen LogP contribution in [-0.2, 0) is 19.0 Å². The molecule has 41 heavy (non-hydrogen) atoms. The van der Waals surface area contributed by atoms with Crippen molar-refractivity contribution < 1.29 is 34.0 Å². The number of likely N-dealkylation sites (tertiary alicyclic amines) is 1. The number of hydrogen-bond donors (Lipinski definition) is 2. The van der Waals surface area contributed by atoms with Crippen molar-refractivity contribution in [2.24, 2.45) is 11.8 Å². The molecule has 2 unspecified atom stereocenters. The molecule has 1 saturated heterocycles. The Morgan fingerprint density at radius 3 is 2.10 bits per heavy atom. The highest BCUT2D eigenvalue weighted by Crippen LogP contribution is 2.19. The standard InChI is InChI=1S/C33H63NO7/c1-3-5-6-7-8-9-10-11-12-13-20-31(41-33(38)40-28-29-19-16-23-34(4-2)25-29)21-17-24-39-32(37)22-15-14-18-30(26-35)27-36/h29-31,35-36H,3-28H2,1-2H3. The van der Waals surface area contributed by atoms with Gasteiger partial charge in [0.05, 0.1) is 13.2 Å². The van der Waals surface area contributed by atoms with E-state index in [1.165, 1.54) is 51.4 Å². The van der Waals surface area contributed by atoms with Crippen LogP contribution in [0.1, 0.15) is 136 Å². The Hall–Kier alpha value is -1.38. The summed E-state index contributed by atoms with van der Waals surface area (Å²) in [5.41, 5.74) is 0. The molecule has 2 atom stereocenters. The highest BCUT2D eigenvalue weighted by atomic mass is 16.7. The largest absolute Gasteiger partial charge is 0.508 e. The lowest BCUT2D eigenvalue weighted by Gasteiger charge is -2.31. The first-order valence-electron chi connectivity index (χ1n) is 16.9. The molecule has 1 rings (SSSR count). The van der Waals surface area contributed by atoms with E-state index in [2.05, 4.69) is 18.7 Å². The molecule has 0 aromatic rings. The summed E-state index contributed by atoms with van der Waals surface area (Å²) in [5.74, 6) is 0.0304. The highest BCUT2D eigenvalue weighted by Gasteiger charge is 2.22. The Bertz CT molecular complexity index is 629. The van der Waals surface area contributed by atoms with E-state index in [1.54, 1.807) is 0 Å². The summed E-state index contributed by atoms with van der Waals surface area (Å²) in [5, 5.41) is 18.3. The van der Waals surface area contributed by atoms with Gasteiger partial charge >= 0.3 is 12.1 Å². The number of carbonyl (C=O) groups excluding carboxylic acids is 2. The second-order valence-electron chi connectivity index (χ2n) is 12.0. The average molecular weight is 586 g/mol. The smallest absolute Gasteiger partial charge is 0.466 e. The summed E-state index contributed by atoms with van der Waals surface area (Å²) >= 11 is 0. The lowest BCUT2D eigenvalue weighted by molar-refractivity contribution is -0.144. The van der Waals surface area contributed by atoms with Gasteiger partial charge in [0.2, 0.25) is 0 Å². The van der Waals surface area contributed by atoms with Gasteiger partial charge in [-0.15, -0.1) is 0 Å². The van der Waals surface area contributed by atoms with E-state index in [0.29, 0.717) is 51.2 Å². The summed E-state index contributed by atoms with van der Waals surface area (Å²) in [6.45, 7) is 8.20. The van der Waals surface area contributed by atoms with Gasteiger partial charge in [0, 0.05) is 38.0 Å². The van der Waals surface area contributed by atoms with E-state index < -0.39 is 6.16 Å². The number of hydrogen-bond acceptors (Lipinski definition) is 8. The third-order valence-corrected chi connectivity index (χ3v) is 8.32. The van der Waals surface area contributed by atoms with E-state index in [4.69, 9.17) is 24.4 Å². The maximum Gasteiger partial charge on any atom is 0.508 e. The molecule has 8 heteroatoms.